The highest BCUT2D eigenvalue weighted by atomic mass is 35.5. The molecule has 1 aromatic carbocycles. The Morgan fingerprint density at radius 1 is 1.14 bits per heavy atom. The molecule has 0 aliphatic carbocycles. The largest absolute Gasteiger partial charge is 0.484 e. The molecule has 2 N–H and O–H groups in total. The molecule has 1 aromatic rings. The Bertz CT molecular complexity index is 413. The fourth-order valence-electron chi connectivity index (χ4n) is 1.74. The zero-order valence-electron chi connectivity index (χ0n) is 13.4. The summed E-state index contributed by atoms with van der Waals surface area (Å²) in [6.45, 7) is 8.14. The third kappa shape index (κ3) is 7.93. The van der Waals surface area contributed by atoms with Crippen LogP contribution in [0.2, 0.25) is 0 Å². The molecule has 0 aliphatic rings. The van der Waals surface area contributed by atoms with Gasteiger partial charge in [0.1, 0.15) is 5.75 Å². The maximum Gasteiger partial charge on any atom is 0.257 e. The summed E-state index contributed by atoms with van der Waals surface area (Å²) in [6, 6.07) is 7.91. The molecular weight excluding hydrogens is 288 g/mol. The van der Waals surface area contributed by atoms with E-state index in [0.29, 0.717) is 6.54 Å². The molecule has 0 heterocycles. The van der Waals surface area contributed by atoms with Crippen LogP contribution in [0.5, 0.6) is 5.75 Å². The minimum atomic E-state index is -0.0824. The summed E-state index contributed by atoms with van der Waals surface area (Å²) in [5, 5.41) is 5.85. The molecule has 0 saturated heterocycles. The highest BCUT2D eigenvalue weighted by Gasteiger charge is 2.13. The van der Waals surface area contributed by atoms with E-state index < -0.39 is 0 Å². The number of ether oxygens (including phenoxy) is 1. The highest BCUT2D eigenvalue weighted by molar-refractivity contribution is 5.85. The SMILES string of the molecule is CNCCCNC(=O)COc1ccc(C(C)(C)C)cc1.Cl. The third-order valence-corrected chi connectivity index (χ3v) is 3.02. The highest BCUT2D eigenvalue weighted by Crippen LogP contribution is 2.24. The van der Waals surface area contributed by atoms with E-state index in [1.807, 2.05) is 31.3 Å². The van der Waals surface area contributed by atoms with Gasteiger partial charge in [0.2, 0.25) is 0 Å². The smallest absolute Gasteiger partial charge is 0.257 e. The van der Waals surface area contributed by atoms with Gasteiger partial charge in [0.25, 0.3) is 5.91 Å². The summed E-state index contributed by atoms with van der Waals surface area (Å²) in [6.07, 6.45) is 0.919. The van der Waals surface area contributed by atoms with E-state index in [4.69, 9.17) is 4.74 Å². The number of carbonyl (C=O) groups is 1. The molecule has 0 aliphatic heterocycles. The van der Waals surface area contributed by atoms with Gasteiger partial charge in [0.05, 0.1) is 0 Å². The molecule has 0 spiro atoms. The van der Waals surface area contributed by atoms with Crippen LogP contribution in [-0.2, 0) is 10.2 Å². The standard InChI is InChI=1S/C16H26N2O2.ClH/c1-16(2,3)13-6-8-14(9-7-13)20-12-15(19)18-11-5-10-17-4;/h6-9,17H,5,10-12H2,1-4H3,(H,18,19);1H. The molecule has 0 aromatic heterocycles. The zero-order chi connectivity index (χ0) is 15.0. The van der Waals surface area contributed by atoms with Crippen LogP contribution in [0.15, 0.2) is 24.3 Å². The van der Waals surface area contributed by atoms with Gasteiger partial charge in [-0.3, -0.25) is 4.79 Å². The minimum Gasteiger partial charge on any atom is -0.484 e. The van der Waals surface area contributed by atoms with Crippen molar-refractivity contribution in [3.8, 4) is 5.75 Å². The van der Waals surface area contributed by atoms with Crippen LogP contribution in [0.1, 0.15) is 32.8 Å². The Labute approximate surface area is 134 Å². The average molecular weight is 315 g/mol. The molecule has 1 amide bonds. The topological polar surface area (TPSA) is 50.4 Å². The van der Waals surface area contributed by atoms with Crippen LogP contribution in [0.4, 0.5) is 0 Å². The maximum absolute atomic E-state index is 11.5. The van der Waals surface area contributed by atoms with Crippen molar-refractivity contribution < 1.29 is 9.53 Å². The summed E-state index contributed by atoms with van der Waals surface area (Å²) in [4.78, 5) is 11.5. The number of benzene rings is 1. The van der Waals surface area contributed by atoms with E-state index in [9.17, 15) is 4.79 Å². The summed E-state index contributed by atoms with van der Waals surface area (Å²) in [5.41, 5.74) is 1.38. The van der Waals surface area contributed by atoms with Crippen LogP contribution < -0.4 is 15.4 Å². The van der Waals surface area contributed by atoms with Gasteiger partial charge >= 0.3 is 0 Å². The van der Waals surface area contributed by atoms with Gasteiger partial charge in [0, 0.05) is 6.54 Å². The number of rotatable bonds is 7. The average Bonchev–Trinajstić information content (AvgIpc) is 2.41. The molecule has 0 unspecified atom stereocenters. The zero-order valence-corrected chi connectivity index (χ0v) is 14.2. The third-order valence-electron chi connectivity index (χ3n) is 3.02. The number of nitrogens with one attached hydrogen (secondary N) is 2. The van der Waals surface area contributed by atoms with Crippen molar-refractivity contribution in [1.29, 1.82) is 0 Å². The van der Waals surface area contributed by atoms with Crippen molar-refractivity contribution in [2.75, 3.05) is 26.7 Å². The molecular formula is C16H27ClN2O2. The van der Waals surface area contributed by atoms with Gasteiger partial charge in [-0.15, -0.1) is 12.4 Å². The Hall–Kier alpha value is -1.26. The van der Waals surface area contributed by atoms with E-state index in [0.717, 1.165) is 18.7 Å². The number of halogens is 1. The molecule has 0 atom stereocenters. The van der Waals surface area contributed by atoms with Crippen molar-refractivity contribution in [2.45, 2.75) is 32.6 Å². The summed E-state index contributed by atoms with van der Waals surface area (Å²) < 4.78 is 5.46. The van der Waals surface area contributed by atoms with Crippen LogP contribution >= 0.6 is 12.4 Å². The van der Waals surface area contributed by atoms with Crippen molar-refractivity contribution in [2.24, 2.45) is 0 Å². The van der Waals surface area contributed by atoms with Crippen molar-refractivity contribution in [3.05, 3.63) is 29.8 Å². The van der Waals surface area contributed by atoms with Crippen LogP contribution in [0, 0.1) is 0 Å². The van der Waals surface area contributed by atoms with Crippen LogP contribution in [0.25, 0.3) is 0 Å². The molecule has 5 heteroatoms. The first-order valence-electron chi connectivity index (χ1n) is 7.08. The van der Waals surface area contributed by atoms with Crippen LogP contribution in [-0.4, -0.2) is 32.7 Å². The second-order valence-electron chi connectivity index (χ2n) is 5.87. The summed E-state index contributed by atoms with van der Waals surface area (Å²) in [7, 11) is 1.90. The minimum absolute atomic E-state index is 0. The first-order chi connectivity index (χ1) is 9.43. The molecule has 0 bridgehead atoms. The lowest BCUT2D eigenvalue weighted by molar-refractivity contribution is -0.123. The van der Waals surface area contributed by atoms with E-state index in [1.165, 1.54) is 5.56 Å². The monoisotopic (exact) mass is 314 g/mol. The van der Waals surface area contributed by atoms with Crippen molar-refractivity contribution in [3.63, 3.8) is 0 Å². The Balaban J connectivity index is 0.00000400. The fourth-order valence-corrected chi connectivity index (χ4v) is 1.74. The molecule has 4 nitrogen and oxygen atoms in total. The Morgan fingerprint density at radius 3 is 2.29 bits per heavy atom. The molecule has 0 fully saturated rings. The van der Waals surface area contributed by atoms with Crippen molar-refractivity contribution >= 4 is 18.3 Å². The van der Waals surface area contributed by atoms with Gasteiger partial charge in [-0.25, -0.2) is 0 Å². The molecule has 120 valence electrons. The molecule has 0 saturated carbocycles. The second-order valence-corrected chi connectivity index (χ2v) is 5.87. The second kappa shape index (κ2) is 9.64. The lowest BCUT2D eigenvalue weighted by Gasteiger charge is -2.19. The van der Waals surface area contributed by atoms with Gasteiger partial charge in [-0.1, -0.05) is 32.9 Å². The number of carbonyl (C=O) groups excluding carboxylic acids is 1. The first-order valence-corrected chi connectivity index (χ1v) is 7.08. The van der Waals surface area contributed by atoms with Crippen molar-refractivity contribution in [1.82, 2.24) is 10.6 Å². The van der Waals surface area contributed by atoms with Gasteiger partial charge in [0.15, 0.2) is 6.61 Å². The van der Waals surface area contributed by atoms with E-state index >= 15 is 0 Å². The fraction of sp³-hybridized carbons (Fsp3) is 0.562. The van der Waals surface area contributed by atoms with Gasteiger partial charge in [-0.2, -0.15) is 0 Å². The molecule has 0 radical (unpaired) electrons. The molecule has 21 heavy (non-hydrogen) atoms. The van der Waals surface area contributed by atoms with E-state index in [-0.39, 0.29) is 30.3 Å². The summed E-state index contributed by atoms with van der Waals surface area (Å²) >= 11 is 0. The maximum atomic E-state index is 11.5. The Kier molecular flexibility index (Phi) is 9.06. The Morgan fingerprint density at radius 2 is 1.76 bits per heavy atom. The van der Waals surface area contributed by atoms with Gasteiger partial charge in [-0.05, 0) is 43.1 Å². The molecule has 1 rings (SSSR count). The van der Waals surface area contributed by atoms with Gasteiger partial charge < -0.3 is 15.4 Å². The normalized spacial score (nSPS) is 10.7. The lowest BCUT2D eigenvalue weighted by Crippen LogP contribution is -2.30. The number of amides is 1. The predicted molar refractivity (Wildman–Crippen MR) is 89.4 cm³/mol. The number of hydrogen-bond donors (Lipinski definition) is 2. The predicted octanol–water partition coefficient (Wildman–Crippen LogP) is 2.51. The quantitative estimate of drug-likeness (QED) is 0.760. The van der Waals surface area contributed by atoms with Crippen LogP contribution in [0.3, 0.4) is 0 Å². The van der Waals surface area contributed by atoms with E-state index in [2.05, 4.69) is 31.4 Å². The van der Waals surface area contributed by atoms with E-state index in [1.54, 1.807) is 0 Å². The summed E-state index contributed by atoms with van der Waals surface area (Å²) in [5.74, 6) is 0.643. The first kappa shape index (κ1) is 19.7. The lowest BCUT2D eigenvalue weighted by atomic mass is 9.87. The number of hydrogen-bond acceptors (Lipinski definition) is 3.